The van der Waals surface area contributed by atoms with Crippen LogP contribution in [0.1, 0.15) is 52.4 Å². The van der Waals surface area contributed by atoms with Gasteiger partial charge in [-0.2, -0.15) is 4.98 Å². The molecule has 0 aromatic carbocycles. The highest BCUT2D eigenvalue weighted by Gasteiger charge is 2.57. The zero-order valence-electron chi connectivity index (χ0n) is 19.7. The Morgan fingerprint density at radius 3 is 2.26 bits per heavy atom. The number of aromatic amines is 1. The Hall–Kier alpha value is -2.52. The Morgan fingerprint density at radius 2 is 1.63 bits per heavy atom. The topological polar surface area (TPSA) is 97.5 Å². The lowest BCUT2D eigenvalue weighted by Gasteiger charge is -2.25. The highest BCUT2D eigenvalue weighted by atomic mass is 35.5. The number of anilines is 2. The Labute approximate surface area is 214 Å². The number of amides is 2. The summed E-state index contributed by atoms with van der Waals surface area (Å²) in [5, 5.41) is 3.76. The molecule has 9 nitrogen and oxygen atoms in total. The van der Waals surface area contributed by atoms with Crippen LogP contribution in [-0.4, -0.2) is 77.0 Å². The van der Waals surface area contributed by atoms with Crippen molar-refractivity contribution in [2.75, 3.05) is 49.1 Å². The predicted octanol–water partition coefficient (Wildman–Crippen LogP) is 3.12. The lowest BCUT2D eigenvalue weighted by Crippen LogP contribution is -2.36. The first-order valence-electron chi connectivity index (χ1n) is 12.4. The van der Waals surface area contributed by atoms with E-state index in [1.165, 1.54) is 0 Å². The van der Waals surface area contributed by atoms with Gasteiger partial charge >= 0.3 is 0 Å². The summed E-state index contributed by atoms with van der Waals surface area (Å²) in [6, 6.07) is 1.95. The van der Waals surface area contributed by atoms with Gasteiger partial charge in [0.1, 0.15) is 17.2 Å². The van der Waals surface area contributed by atoms with Crippen molar-refractivity contribution >= 4 is 46.8 Å². The number of rotatable bonds is 5. The molecule has 2 amide bonds. The van der Waals surface area contributed by atoms with Crippen LogP contribution >= 0.6 is 23.2 Å². The zero-order chi connectivity index (χ0) is 24.3. The molecule has 5 heterocycles. The summed E-state index contributed by atoms with van der Waals surface area (Å²) in [6.45, 7) is 6.78. The smallest absolute Gasteiger partial charge is 0.272 e. The van der Waals surface area contributed by atoms with Gasteiger partial charge in [0.15, 0.2) is 0 Å². The number of hydrogen-bond donors (Lipinski definition) is 2. The molecule has 1 aliphatic carbocycles. The minimum atomic E-state index is -0.229. The maximum Gasteiger partial charge on any atom is 0.272 e. The standard InChI is InChI=1S/C24H29Cl2N7O2/c1-13-18(25)19(26)21(27-13)22(34)30-20-14-11-33(12-15(14)20)17-10-16(23(35)31-6-2-3-7-31)28-24(29-17)32-8-4-5-9-32/h10,14-15,20,27H,2-9,11-12H2,1H3,(H,30,34)/t14-,15+,20+. The van der Waals surface area contributed by atoms with Crippen LogP contribution in [0.4, 0.5) is 11.8 Å². The van der Waals surface area contributed by atoms with Crippen LogP contribution < -0.4 is 15.1 Å². The van der Waals surface area contributed by atoms with Gasteiger partial charge in [-0.15, -0.1) is 0 Å². The molecule has 4 aliphatic rings. The number of aryl methyl sites for hydroxylation is 1. The third-order valence-electron chi connectivity index (χ3n) is 7.80. The average molecular weight is 518 g/mol. The first kappa shape index (κ1) is 22.9. The molecule has 0 spiro atoms. The summed E-state index contributed by atoms with van der Waals surface area (Å²) in [5.41, 5.74) is 1.48. The van der Waals surface area contributed by atoms with Gasteiger partial charge in [-0.1, -0.05) is 23.2 Å². The SMILES string of the molecule is Cc1[nH]c(C(=O)N[C@H]2[C@@H]3CN(c4cc(C(=O)N5CCCC5)nc(N5CCCC5)n4)C[C@@H]32)c(Cl)c1Cl. The van der Waals surface area contributed by atoms with Crippen LogP contribution in [-0.2, 0) is 0 Å². The number of piperidine rings is 1. The normalized spacial score (nSPS) is 25.3. The molecule has 1 saturated carbocycles. The molecule has 11 heteroatoms. The minimum absolute atomic E-state index is 0.00197. The molecule has 186 valence electrons. The number of carbonyl (C=O) groups excluding carboxylic acids is 2. The van der Waals surface area contributed by atoms with Crippen molar-refractivity contribution in [2.45, 2.75) is 38.6 Å². The molecule has 3 saturated heterocycles. The van der Waals surface area contributed by atoms with Gasteiger partial charge in [-0.05, 0) is 32.6 Å². The van der Waals surface area contributed by atoms with E-state index in [0.717, 1.165) is 70.8 Å². The lowest BCUT2D eigenvalue weighted by molar-refractivity contribution is 0.0786. The number of nitrogens with zero attached hydrogens (tertiary/aromatic N) is 5. The van der Waals surface area contributed by atoms with Crippen molar-refractivity contribution in [3.8, 4) is 0 Å². The van der Waals surface area contributed by atoms with Crippen LogP contribution in [0.2, 0.25) is 10.0 Å². The largest absolute Gasteiger partial charge is 0.356 e. The molecule has 2 aromatic rings. The van der Waals surface area contributed by atoms with E-state index >= 15 is 0 Å². The molecule has 2 N–H and O–H groups in total. The summed E-state index contributed by atoms with van der Waals surface area (Å²) < 4.78 is 0. The van der Waals surface area contributed by atoms with Crippen LogP contribution in [0.15, 0.2) is 6.07 Å². The second kappa shape index (κ2) is 8.85. The quantitative estimate of drug-likeness (QED) is 0.632. The van der Waals surface area contributed by atoms with E-state index in [1.807, 2.05) is 11.0 Å². The van der Waals surface area contributed by atoms with Gasteiger partial charge in [-0.25, -0.2) is 4.98 Å². The molecule has 35 heavy (non-hydrogen) atoms. The molecule has 4 fully saturated rings. The number of aromatic nitrogens is 3. The van der Waals surface area contributed by atoms with E-state index in [4.69, 9.17) is 28.2 Å². The molecule has 2 aromatic heterocycles. The molecule has 0 radical (unpaired) electrons. The Bertz CT molecular complexity index is 1160. The fourth-order valence-electron chi connectivity index (χ4n) is 5.71. The van der Waals surface area contributed by atoms with E-state index in [2.05, 4.69) is 25.1 Å². The number of H-pyrrole nitrogens is 1. The fourth-order valence-corrected chi connectivity index (χ4v) is 6.13. The van der Waals surface area contributed by atoms with Crippen molar-refractivity contribution in [2.24, 2.45) is 11.8 Å². The molecule has 3 atom stereocenters. The molecular weight excluding hydrogens is 489 g/mol. The molecular formula is C24H29Cl2N7O2. The van der Waals surface area contributed by atoms with E-state index < -0.39 is 0 Å². The summed E-state index contributed by atoms with van der Waals surface area (Å²) >= 11 is 12.3. The van der Waals surface area contributed by atoms with Crippen molar-refractivity contribution in [3.63, 3.8) is 0 Å². The monoisotopic (exact) mass is 517 g/mol. The second-order valence-corrected chi connectivity index (χ2v) is 10.8. The van der Waals surface area contributed by atoms with Crippen LogP contribution in [0, 0.1) is 18.8 Å². The summed E-state index contributed by atoms with van der Waals surface area (Å²) in [6.07, 6.45) is 4.33. The predicted molar refractivity (Wildman–Crippen MR) is 135 cm³/mol. The fraction of sp³-hybridized carbons (Fsp3) is 0.583. The third kappa shape index (κ3) is 4.12. The Kier molecular flexibility index (Phi) is 5.79. The maximum atomic E-state index is 13.1. The number of hydrogen-bond acceptors (Lipinski definition) is 6. The van der Waals surface area contributed by atoms with Crippen LogP contribution in [0.3, 0.4) is 0 Å². The molecule has 0 unspecified atom stereocenters. The molecule has 3 aliphatic heterocycles. The van der Waals surface area contributed by atoms with Crippen molar-refractivity contribution in [3.05, 3.63) is 33.2 Å². The van der Waals surface area contributed by atoms with E-state index in [-0.39, 0.29) is 22.9 Å². The maximum absolute atomic E-state index is 13.1. The van der Waals surface area contributed by atoms with Crippen molar-refractivity contribution < 1.29 is 9.59 Å². The number of fused-ring (bicyclic) bond motifs is 1. The van der Waals surface area contributed by atoms with Gasteiger partial charge in [0.05, 0.1) is 10.0 Å². The molecule has 0 bridgehead atoms. The highest BCUT2D eigenvalue weighted by molar-refractivity contribution is 6.44. The number of likely N-dealkylation sites (tertiary alicyclic amines) is 1. The van der Waals surface area contributed by atoms with E-state index in [9.17, 15) is 9.59 Å². The minimum Gasteiger partial charge on any atom is -0.356 e. The Morgan fingerprint density at radius 1 is 0.971 bits per heavy atom. The Balaban J connectivity index is 1.16. The number of carbonyl (C=O) groups is 2. The van der Waals surface area contributed by atoms with Gasteiger partial charge in [-0.3, -0.25) is 9.59 Å². The van der Waals surface area contributed by atoms with Crippen LogP contribution in [0.25, 0.3) is 0 Å². The first-order valence-corrected chi connectivity index (χ1v) is 13.2. The number of halogens is 2. The van der Waals surface area contributed by atoms with Gasteiger partial charge in [0.25, 0.3) is 11.8 Å². The third-order valence-corrected chi connectivity index (χ3v) is 8.75. The van der Waals surface area contributed by atoms with Gasteiger partial charge < -0.3 is 25.0 Å². The van der Waals surface area contributed by atoms with Gasteiger partial charge in [0, 0.05) is 68.9 Å². The van der Waals surface area contributed by atoms with E-state index in [0.29, 0.717) is 39.9 Å². The highest BCUT2D eigenvalue weighted by Crippen LogP contribution is 2.47. The lowest BCUT2D eigenvalue weighted by atomic mass is 10.3. The van der Waals surface area contributed by atoms with Crippen LogP contribution in [0.5, 0.6) is 0 Å². The first-order chi connectivity index (χ1) is 16.9. The summed E-state index contributed by atoms with van der Waals surface area (Å²) in [5.74, 6) is 1.91. The second-order valence-electron chi connectivity index (χ2n) is 10.1. The van der Waals surface area contributed by atoms with Gasteiger partial charge in [0.2, 0.25) is 5.95 Å². The number of nitrogens with one attached hydrogen (secondary N) is 2. The van der Waals surface area contributed by atoms with Crippen molar-refractivity contribution in [1.29, 1.82) is 0 Å². The average Bonchev–Trinajstić information content (AvgIpc) is 3.50. The van der Waals surface area contributed by atoms with E-state index in [1.54, 1.807) is 6.92 Å². The summed E-state index contributed by atoms with van der Waals surface area (Å²) in [7, 11) is 0. The summed E-state index contributed by atoms with van der Waals surface area (Å²) in [4.78, 5) is 44.7. The zero-order valence-corrected chi connectivity index (χ0v) is 21.2. The molecule has 6 rings (SSSR count). The van der Waals surface area contributed by atoms with Crippen molar-refractivity contribution in [1.82, 2.24) is 25.2 Å².